The van der Waals surface area contributed by atoms with Crippen LogP contribution in [0.1, 0.15) is 57.8 Å². The van der Waals surface area contributed by atoms with E-state index in [4.69, 9.17) is 11.5 Å². The van der Waals surface area contributed by atoms with Crippen LogP contribution in [0.2, 0.25) is 0 Å². The molecule has 112 valence electrons. The largest absolute Gasteiger partial charge is 0.326 e. The molecular formula is C15H32N4. The highest BCUT2D eigenvalue weighted by Crippen LogP contribution is 2.17. The lowest BCUT2D eigenvalue weighted by Crippen LogP contribution is -2.49. The molecule has 0 aromatic heterocycles. The molecule has 0 aromatic rings. The van der Waals surface area contributed by atoms with E-state index in [1.165, 1.54) is 57.8 Å². The van der Waals surface area contributed by atoms with Crippen molar-refractivity contribution in [2.45, 2.75) is 82.0 Å². The highest BCUT2D eigenvalue weighted by Gasteiger charge is 2.22. The first-order chi connectivity index (χ1) is 9.27. The molecule has 4 atom stereocenters. The Kier molecular flexibility index (Phi) is 6.57. The predicted octanol–water partition coefficient (Wildman–Crippen LogP) is 1.10. The quantitative estimate of drug-likeness (QED) is 0.544. The van der Waals surface area contributed by atoms with Crippen molar-refractivity contribution >= 4 is 0 Å². The zero-order chi connectivity index (χ0) is 13.5. The summed E-state index contributed by atoms with van der Waals surface area (Å²) in [4.78, 5) is 0. The molecule has 0 amide bonds. The van der Waals surface area contributed by atoms with Gasteiger partial charge in [0.15, 0.2) is 0 Å². The van der Waals surface area contributed by atoms with Gasteiger partial charge >= 0.3 is 0 Å². The molecule has 2 aliphatic carbocycles. The van der Waals surface area contributed by atoms with E-state index in [1.807, 2.05) is 0 Å². The molecule has 0 aromatic carbocycles. The van der Waals surface area contributed by atoms with Gasteiger partial charge in [-0.1, -0.05) is 25.7 Å². The van der Waals surface area contributed by atoms with Crippen LogP contribution in [-0.2, 0) is 0 Å². The molecule has 2 rings (SSSR count). The maximum absolute atomic E-state index is 6.13. The fourth-order valence-corrected chi connectivity index (χ4v) is 3.49. The minimum Gasteiger partial charge on any atom is -0.326 e. The van der Waals surface area contributed by atoms with E-state index < -0.39 is 0 Å². The minimum absolute atomic E-state index is 0.369. The third-order valence-corrected chi connectivity index (χ3v) is 4.81. The first-order valence-corrected chi connectivity index (χ1v) is 8.25. The van der Waals surface area contributed by atoms with Gasteiger partial charge in [-0.2, -0.15) is 0 Å². The van der Waals surface area contributed by atoms with Gasteiger partial charge in [-0.15, -0.1) is 0 Å². The summed E-state index contributed by atoms with van der Waals surface area (Å²) in [6.45, 7) is 2.15. The van der Waals surface area contributed by atoms with Crippen LogP contribution < -0.4 is 22.1 Å². The summed E-state index contributed by atoms with van der Waals surface area (Å²) in [7, 11) is 0. The van der Waals surface area contributed by atoms with E-state index in [2.05, 4.69) is 10.6 Å². The molecule has 4 heteroatoms. The normalized spacial score (nSPS) is 36.3. The average molecular weight is 268 g/mol. The molecule has 0 aliphatic heterocycles. The summed E-state index contributed by atoms with van der Waals surface area (Å²) < 4.78 is 0. The number of nitrogens with one attached hydrogen (secondary N) is 2. The van der Waals surface area contributed by atoms with Crippen molar-refractivity contribution in [3.8, 4) is 0 Å². The Morgan fingerprint density at radius 3 is 1.53 bits per heavy atom. The minimum atomic E-state index is 0.369. The second-order valence-electron chi connectivity index (χ2n) is 6.37. The Morgan fingerprint density at radius 2 is 1.11 bits per heavy atom. The van der Waals surface area contributed by atoms with Crippen LogP contribution in [0.4, 0.5) is 0 Å². The number of hydrogen-bond donors (Lipinski definition) is 4. The molecule has 2 saturated carbocycles. The summed E-state index contributed by atoms with van der Waals surface area (Å²) in [5, 5.41) is 7.25. The first kappa shape index (κ1) is 15.2. The van der Waals surface area contributed by atoms with Crippen molar-refractivity contribution in [3.05, 3.63) is 0 Å². The van der Waals surface area contributed by atoms with E-state index in [0.29, 0.717) is 24.2 Å². The lowest BCUT2D eigenvalue weighted by molar-refractivity contribution is 0.312. The van der Waals surface area contributed by atoms with Crippen LogP contribution in [0.5, 0.6) is 0 Å². The lowest BCUT2D eigenvalue weighted by Gasteiger charge is -2.30. The van der Waals surface area contributed by atoms with Crippen molar-refractivity contribution in [1.82, 2.24) is 10.6 Å². The van der Waals surface area contributed by atoms with Gasteiger partial charge in [-0.05, 0) is 45.2 Å². The molecule has 0 spiro atoms. The van der Waals surface area contributed by atoms with Gasteiger partial charge in [-0.25, -0.2) is 0 Å². The van der Waals surface area contributed by atoms with Crippen LogP contribution in [0.3, 0.4) is 0 Å². The lowest BCUT2D eigenvalue weighted by atomic mass is 9.90. The zero-order valence-corrected chi connectivity index (χ0v) is 12.2. The maximum Gasteiger partial charge on any atom is 0.0219 e. The fourth-order valence-electron chi connectivity index (χ4n) is 3.49. The van der Waals surface area contributed by atoms with Gasteiger partial charge in [-0.3, -0.25) is 0 Å². The van der Waals surface area contributed by atoms with Crippen molar-refractivity contribution in [2.75, 3.05) is 13.1 Å². The second-order valence-corrected chi connectivity index (χ2v) is 6.37. The van der Waals surface area contributed by atoms with E-state index in [0.717, 1.165) is 13.1 Å². The molecule has 0 saturated heterocycles. The Labute approximate surface area is 118 Å². The first-order valence-electron chi connectivity index (χ1n) is 8.25. The van der Waals surface area contributed by atoms with E-state index in [1.54, 1.807) is 0 Å². The Balaban J connectivity index is 1.51. The maximum atomic E-state index is 6.13. The van der Waals surface area contributed by atoms with Gasteiger partial charge in [0.05, 0.1) is 0 Å². The summed E-state index contributed by atoms with van der Waals surface area (Å²) in [6, 6.07) is 1.83. The number of nitrogens with two attached hydrogens (primary N) is 2. The second kappa shape index (κ2) is 8.20. The Bertz CT molecular complexity index is 222. The van der Waals surface area contributed by atoms with Crippen molar-refractivity contribution in [2.24, 2.45) is 11.5 Å². The summed E-state index contributed by atoms with van der Waals surface area (Å²) >= 11 is 0. The van der Waals surface area contributed by atoms with Crippen LogP contribution in [0, 0.1) is 0 Å². The zero-order valence-electron chi connectivity index (χ0n) is 12.2. The van der Waals surface area contributed by atoms with Crippen molar-refractivity contribution in [3.63, 3.8) is 0 Å². The molecule has 2 fully saturated rings. The number of rotatable bonds is 6. The highest BCUT2D eigenvalue weighted by atomic mass is 15.0. The molecule has 0 heterocycles. The van der Waals surface area contributed by atoms with Crippen LogP contribution in [0.25, 0.3) is 0 Å². The molecule has 2 aliphatic rings. The van der Waals surface area contributed by atoms with Crippen LogP contribution in [0.15, 0.2) is 0 Å². The fraction of sp³-hybridized carbons (Fsp3) is 1.00. The topological polar surface area (TPSA) is 76.1 Å². The summed E-state index contributed by atoms with van der Waals surface area (Å²) in [5.41, 5.74) is 12.3. The molecule has 19 heavy (non-hydrogen) atoms. The van der Waals surface area contributed by atoms with Gasteiger partial charge in [0.2, 0.25) is 0 Å². The monoisotopic (exact) mass is 268 g/mol. The smallest absolute Gasteiger partial charge is 0.0219 e. The van der Waals surface area contributed by atoms with Crippen LogP contribution in [-0.4, -0.2) is 37.3 Å². The molecule has 4 unspecified atom stereocenters. The SMILES string of the molecule is NC1CCCCC1NCCCNC1CCCCC1N. The molecular weight excluding hydrogens is 236 g/mol. The van der Waals surface area contributed by atoms with Gasteiger partial charge < -0.3 is 22.1 Å². The highest BCUT2D eigenvalue weighted by molar-refractivity contribution is 4.85. The van der Waals surface area contributed by atoms with E-state index in [9.17, 15) is 0 Å². The molecule has 4 nitrogen and oxygen atoms in total. The standard InChI is InChI=1S/C15H32N4/c16-12-6-1-3-8-14(12)18-10-5-11-19-15-9-4-2-7-13(15)17/h12-15,18-19H,1-11,16-17H2. The Hall–Kier alpha value is -0.160. The van der Waals surface area contributed by atoms with Crippen LogP contribution >= 0.6 is 0 Å². The predicted molar refractivity (Wildman–Crippen MR) is 81.1 cm³/mol. The third kappa shape index (κ3) is 5.03. The van der Waals surface area contributed by atoms with Gasteiger partial charge in [0.1, 0.15) is 0 Å². The number of hydrogen-bond acceptors (Lipinski definition) is 4. The van der Waals surface area contributed by atoms with E-state index >= 15 is 0 Å². The average Bonchev–Trinajstić information content (AvgIpc) is 2.42. The van der Waals surface area contributed by atoms with Crippen molar-refractivity contribution in [1.29, 1.82) is 0 Å². The Morgan fingerprint density at radius 1 is 0.684 bits per heavy atom. The van der Waals surface area contributed by atoms with Gasteiger partial charge in [0, 0.05) is 24.2 Å². The summed E-state index contributed by atoms with van der Waals surface area (Å²) in [5.74, 6) is 0. The third-order valence-electron chi connectivity index (χ3n) is 4.81. The van der Waals surface area contributed by atoms with E-state index in [-0.39, 0.29) is 0 Å². The van der Waals surface area contributed by atoms with Gasteiger partial charge in [0.25, 0.3) is 0 Å². The summed E-state index contributed by atoms with van der Waals surface area (Å²) in [6.07, 6.45) is 11.3. The van der Waals surface area contributed by atoms with Crippen molar-refractivity contribution < 1.29 is 0 Å². The molecule has 0 radical (unpaired) electrons. The molecule has 6 N–H and O–H groups in total. The molecule has 0 bridgehead atoms.